The van der Waals surface area contributed by atoms with Gasteiger partial charge in [0, 0.05) is 25.5 Å². The van der Waals surface area contributed by atoms with E-state index in [0.717, 1.165) is 17.7 Å². The Kier molecular flexibility index (Phi) is 5.33. The summed E-state index contributed by atoms with van der Waals surface area (Å²) in [5.41, 5.74) is 2.47. The van der Waals surface area contributed by atoms with Crippen LogP contribution >= 0.6 is 0 Å². The van der Waals surface area contributed by atoms with Gasteiger partial charge in [-0.2, -0.15) is 0 Å². The number of ether oxygens (including phenoxy) is 1. The van der Waals surface area contributed by atoms with Crippen molar-refractivity contribution >= 4 is 23.2 Å². The van der Waals surface area contributed by atoms with Gasteiger partial charge in [0.1, 0.15) is 5.75 Å². The van der Waals surface area contributed by atoms with Gasteiger partial charge < -0.3 is 15.0 Å². The zero-order valence-corrected chi connectivity index (χ0v) is 14.3. The van der Waals surface area contributed by atoms with Crippen molar-refractivity contribution < 1.29 is 14.3 Å². The molecule has 0 saturated carbocycles. The number of anilines is 2. The Hall–Kier alpha value is -2.82. The number of hydrogen-bond acceptors (Lipinski definition) is 3. The summed E-state index contributed by atoms with van der Waals surface area (Å²) in [6, 6.07) is 15.3. The lowest BCUT2D eigenvalue weighted by atomic mass is 10.1. The van der Waals surface area contributed by atoms with Crippen molar-refractivity contribution in [2.24, 2.45) is 0 Å². The fourth-order valence-electron chi connectivity index (χ4n) is 3.00. The molecule has 0 unspecified atom stereocenters. The molecule has 0 aromatic heterocycles. The van der Waals surface area contributed by atoms with Crippen molar-refractivity contribution in [2.45, 2.75) is 25.7 Å². The molecule has 1 aliphatic rings. The summed E-state index contributed by atoms with van der Waals surface area (Å²) in [6.07, 6.45) is 2.45. The van der Waals surface area contributed by atoms with Gasteiger partial charge in [-0.25, -0.2) is 0 Å². The molecule has 0 aliphatic carbocycles. The molecule has 1 heterocycles. The van der Waals surface area contributed by atoms with Crippen molar-refractivity contribution in [2.75, 3.05) is 23.9 Å². The molecular weight excluding hydrogens is 316 g/mol. The molecule has 5 nitrogen and oxygen atoms in total. The van der Waals surface area contributed by atoms with Gasteiger partial charge in [0.05, 0.1) is 18.5 Å². The number of nitrogens with one attached hydrogen (secondary N) is 1. The minimum Gasteiger partial charge on any atom is -0.497 e. The van der Waals surface area contributed by atoms with E-state index in [1.54, 1.807) is 24.1 Å². The largest absolute Gasteiger partial charge is 0.497 e. The van der Waals surface area contributed by atoms with E-state index in [1.807, 2.05) is 36.4 Å². The van der Waals surface area contributed by atoms with Gasteiger partial charge >= 0.3 is 0 Å². The van der Waals surface area contributed by atoms with E-state index >= 15 is 0 Å². The third-order valence-corrected chi connectivity index (χ3v) is 4.33. The first-order valence-corrected chi connectivity index (χ1v) is 8.49. The predicted molar refractivity (Wildman–Crippen MR) is 98.0 cm³/mol. The summed E-state index contributed by atoms with van der Waals surface area (Å²) in [4.78, 5) is 26.2. The van der Waals surface area contributed by atoms with Crippen LogP contribution in [-0.2, 0) is 16.0 Å². The van der Waals surface area contributed by atoms with E-state index < -0.39 is 0 Å². The van der Waals surface area contributed by atoms with Gasteiger partial charge in [0.2, 0.25) is 11.8 Å². The predicted octanol–water partition coefficient (Wildman–Crippen LogP) is 3.39. The zero-order valence-electron chi connectivity index (χ0n) is 14.3. The molecule has 0 spiro atoms. The number of benzene rings is 2. The molecule has 0 bridgehead atoms. The maximum Gasteiger partial charge on any atom is 0.227 e. The topological polar surface area (TPSA) is 58.6 Å². The molecule has 130 valence electrons. The second-order valence-electron chi connectivity index (χ2n) is 6.07. The average molecular weight is 338 g/mol. The molecule has 1 fully saturated rings. The number of methoxy groups -OCH3 is 1. The maximum absolute atomic E-state index is 12.4. The van der Waals surface area contributed by atoms with Crippen LogP contribution in [-0.4, -0.2) is 25.5 Å². The van der Waals surface area contributed by atoms with Gasteiger partial charge in [-0.05, 0) is 30.5 Å². The van der Waals surface area contributed by atoms with Gasteiger partial charge in [-0.3, -0.25) is 9.59 Å². The van der Waals surface area contributed by atoms with E-state index in [1.165, 1.54) is 0 Å². The molecule has 2 aromatic carbocycles. The monoisotopic (exact) mass is 338 g/mol. The van der Waals surface area contributed by atoms with Crippen LogP contribution in [0.15, 0.2) is 48.5 Å². The summed E-state index contributed by atoms with van der Waals surface area (Å²) in [6.45, 7) is 0.679. The molecular formula is C20H22N2O3. The highest BCUT2D eigenvalue weighted by molar-refractivity contribution is 6.02. The molecule has 2 aromatic rings. The van der Waals surface area contributed by atoms with Crippen LogP contribution < -0.4 is 15.0 Å². The van der Waals surface area contributed by atoms with E-state index in [4.69, 9.17) is 4.74 Å². The molecule has 3 rings (SSSR count). The normalized spacial score (nSPS) is 13.8. The molecule has 0 radical (unpaired) electrons. The van der Waals surface area contributed by atoms with Crippen LogP contribution in [0.1, 0.15) is 24.8 Å². The Balaban J connectivity index is 1.73. The number of carbonyl (C=O) groups is 2. The molecule has 0 atom stereocenters. The third kappa shape index (κ3) is 4.18. The Morgan fingerprint density at radius 2 is 2.00 bits per heavy atom. The van der Waals surface area contributed by atoms with Crippen LogP contribution in [0.2, 0.25) is 0 Å². The second kappa shape index (κ2) is 7.83. The Morgan fingerprint density at radius 3 is 2.68 bits per heavy atom. The van der Waals surface area contributed by atoms with Gasteiger partial charge in [0.15, 0.2) is 0 Å². The van der Waals surface area contributed by atoms with Gasteiger partial charge in [-0.1, -0.05) is 30.3 Å². The number of amides is 2. The minimum atomic E-state index is -0.0787. The molecule has 1 aliphatic heterocycles. The van der Waals surface area contributed by atoms with Crippen molar-refractivity contribution in [1.82, 2.24) is 0 Å². The smallest absolute Gasteiger partial charge is 0.227 e. The lowest BCUT2D eigenvalue weighted by molar-refractivity contribution is -0.117. The first-order chi connectivity index (χ1) is 12.2. The van der Waals surface area contributed by atoms with E-state index in [9.17, 15) is 9.59 Å². The SMILES string of the molecule is COc1ccc(N2CCCC2=O)c(NC(=O)CCc2ccccc2)c1. The standard InChI is InChI=1S/C20H22N2O3/c1-25-16-10-11-18(22-13-5-8-20(22)24)17(14-16)21-19(23)12-9-15-6-3-2-4-7-15/h2-4,6-7,10-11,14H,5,8-9,12-13H2,1H3,(H,21,23). The first-order valence-electron chi connectivity index (χ1n) is 8.49. The molecule has 1 N–H and O–H groups in total. The Bertz CT molecular complexity index is 759. The number of aryl methyl sites for hydroxylation is 1. The first kappa shape index (κ1) is 17.0. The third-order valence-electron chi connectivity index (χ3n) is 4.33. The summed E-state index contributed by atoms with van der Waals surface area (Å²) < 4.78 is 5.26. The average Bonchev–Trinajstić information content (AvgIpc) is 3.06. The van der Waals surface area contributed by atoms with Gasteiger partial charge in [-0.15, -0.1) is 0 Å². The lowest BCUT2D eigenvalue weighted by Gasteiger charge is -2.20. The minimum absolute atomic E-state index is 0.0787. The second-order valence-corrected chi connectivity index (χ2v) is 6.07. The quantitative estimate of drug-likeness (QED) is 0.878. The molecule has 2 amide bonds. The number of carbonyl (C=O) groups excluding carboxylic acids is 2. The van der Waals surface area contributed by atoms with Crippen molar-refractivity contribution in [3.8, 4) is 5.75 Å². The highest BCUT2D eigenvalue weighted by atomic mass is 16.5. The van der Waals surface area contributed by atoms with E-state index in [2.05, 4.69) is 5.32 Å². The summed E-state index contributed by atoms with van der Waals surface area (Å²) in [5.74, 6) is 0.656. The fourth-order valence-corrected chi connectivity index (χ4v) is 3.00. The maximum atomic E-state index is 12.4. The van der Waals surface area contributed by atoms with E-state index in [0.29, 0.717) is 37.2 Å². The fraction of sp³-hybridized carbons (Fsp3) is 0.300. The summed E-state index contributed by atoms with van der Waals surface area (Å²) in [7, 11) is 1.58. The van der Waals surface area contributed by atoms with Crippen LogP contribution in [0.4, 0.5) is 11.4 Å². The highest BCUT2D eigenvalue weighted by Crippen LogP contribution is 2.33. The highest BCUT2D eigenvalue weighted by Gasteiger charge is 2.24. The van der Waals surface area contributed by atoms with Crippen LogP contribution in [0, 0.1) is 0 Å². The summed E-state index contributed by atoms with van der Waals surface area (Å²) in [5, 5.41) is 2.94. The van der Waals surface area contributed by atoms with Crippen molar-refractivity contribution in [3.05, 3.63) is 54.1 Å². The van der Waals surface area contributed by atoms with Crippen molar-refractivity contribution in [3.63, 3.8) is 0 Å². The molecule has 25 heavy (non-hydrogen) atoms. The molecule has 1 saturated heterocycles. The van der Waals surface area contributed by atoms with Crippen LogP contribution in [0.5, 0.6) is 5.75 Å². The Labute approximate surface area is 147 Å². The van der Waals surface area contributed by atoms with Crippen LogP contribution in [0.25, 0.3) is 0 Å². The van der Waals surface area contributed by atoms with E-state index in [-0.39, 0.29) is 11.8 Å². The zero-order chi connectivity index (χ0) is 17.6. The molecule has 5 heteroatoms. The Morgan fingerprint density at radius 1 is 1.20 bits per heavy atom. The summed E-state index contributed by atoms with van der Waals surface area (Å²) >= 11 is 0. The number of nitrogens with zero attached hydrogens (tertiary/aromatic N) is 1. The number of rotatable bonds is 6. The van der Waals surface area contributed by atoms with Crippen LogP contribution in [0.3, 0.4) is 0 Å². The number of hydrogen-bond donors (Lipinski definition) is 1. The van der Waals surface area contributed by atoms with Gasteiger partial charge in [0.25, 0.3) is 0 Å². The lowest BCUT2D eigenvalue weighted by Crippen LogP contribution is -2.25. The van der Waals surface area contributed by atoms with Crippen molar-refractivity contribution in [1.29, 1.82) is 0 Å².